The number of anilines is 1. The number of hydrogen-bond donors (Lipinski definition) is 1. The fraction of sp³-hybridized carbons (Fsp3) is 0.385. The van der Waals surface area contributed by atoms with Crippen molar-refractivity contribution >= 4 is 5.69 Å². The Balaban J connectivity index is 1.76. The van der Waals surface area contributed by atoms with Crippen LogP contribution in [0.15, 0.2) is 36.8 Å². The van der Waals surface area contributed by atoms with E-state index in [1.54, 1.807) is 24.2 Å². The van der Waals surface area contributed by atoms with Gasteiger partial charge in [0.25, 0.3) is 0 Å². The van der Waals surface area contributed by atoms with E-state index in [2.05, 4.69) is 15.4 Å². The highest BCUT2D eigenvalue weighted by molar-refractivity contribution is 5.57. The van der Waals surface area contributed by atoms with Gasteiger partial charge in [-0.05, 0) is 31.0 Å². The van der Waals surface area contributed by atoms with Crippen LogP contribution in [0.25, 0.3) is 5.82 Å². The van der Waals surface area contributed by atoms with Crippen molar-refractivity contribution in [1.82, 2.24) is 14.8 Å². The summed E-state index contributed by atoms with van der Waals surface area (Å²) in [7, 11) is 1.76. The summed E-state index contributed by atoms with van der Waals surface area (Å²) in [6.45, 7) is 0. The maximum Gasteiger partial charge on any atom is 0.176 e. The van der Waals surface area contributed by atoms with Crippen LogP contribution < -0.4 is 5.32 Å². The second-order valence-electron chi connectivity index (χ2n) is 4.50. The maximum absolute atomic E-state index is 5.28. The van der Waals surface area contributed by atoms with Gasteiger partial charge >= 0.3 is 0 Å². The van der Waals surface area contributed by atoms with Gasteiger partial charge in [-0.15, -0.1) is 0 Å². The van der Waals surface area contributed by atoms with Crippen LogP contribution in [0.5, 0.6) is 0 Å². The predicted molar refractivity (Wildman–Crippen MR) is 68.8 cm³/mol. The standard InChI is InChI=1S/C13H16N4O/c1-18-11-8-10(9-11)16-12-4-2-5-14-13(12)17-7-3-6-15-17/h2-7,10-11,16H,8-9H2,1H3. The molecule has 1 fully saturated rings. The Bertz CT molecular complexity index is 505. The number of methoxy groups -OCH3 is 1. The minimum absolute atomic E-state index is 0.396. The van der Waals surface area contributed by atoms with Crippen LogP contribution in [0.4, 0.5) is 5.69 Å². The smallest absolute Gasteiger partial charge is 0.176 e. The topological polar surface area (TPSA) is 52.0 Å². The molecule has 0 unspecified atom stereocenters. The maximum atomic E-state index is 5.28. The summed E-state index contributed by atoms with van der Waals surface area (Å²) in [5.74, 6) is 0.836. The van der Waals surface area contributed by atoms with Crippen molar-refractivity contribution in [3.63, 3.8) is 0 Å². The van der Waals surface area contributed by atoms with Crippen molar-refractivity contribution in [1.29, 1.82) is 0 Å². The van der Waals surface area contributed by atoms with Gasteiger partial charge in [-0.2, -0.15) is 5.10 Å². The third-order valence-electron chi connectivity index (χ3n) is 3.30. The van der Waals surface area contributed by atoms with Crippen LogP contribution in [-0.4, -0.2) is 34.0 Å². The van der Waals surface area contributed by atoms with Crippen LogP contribution in [0.2, 0.25) is 0 Å². The molecule has 3 rings (SSSR count). The molecule has 0 radical (unpaired) electrons. The molecule has 0 bridgehead atoms. The summed E-state index contributed by atoms with van der Waals surface area (Å²) in [4.78, 5) is 4.38. The molecular weight excluding hydrogens is 228 g/mol. The highest BCUT2D eigenvalue weighted by Gasteiger charge is 2.29. The van der Waals surface area contributed by atoms with Crippen molar-refractivity contribution in [2.75, 3.05) is 12.4 Å². The molecule has 5 nitrogen and oxygen atoms in total. The minimum atomic E-state index is 0.396. The van der Waals surface area contributed by atoms with Crippen LogP contribution in [0, 0.1) is 0 Å². The Morgan fingerprint density at radius 3 is 2.94 bits per heavy atom. The first-order chi connectivity index (χ1) is 8.86. The number of aromatic nitrogens is 3. The van der Waals surface area contributed by atoms with E-state index in [1.165, 1.54) is 0 Å². The molecule has 1 saturated carbocycles. The molecule has 18 heavy (non-hydrogen) atoms. The van der Waals surface area contributed by atoms with E-state index < -0.39 is 0 Å². The van der Waals surface area contributed by atoms with E-state index in [1.807, 2.05) is 24.4 Å². The summed E-state index contributed by atoms with van der Waals surface area (Å²) in [5.41, 5.74) is 1.01. The Morgan fingerprint density at radius 1 is 1.33 bits per heavy atom. The SMILES string of the molecule is COC1CC(Nc2cccnc2-n2cccn2)C1. The summed E-state index contributed by atoms with van der Waals surface area (Å²) in [5, 5.41) is 7.72. The summed E-state index contributed by atoms with van der Waals surface area (Å²) in [6.07, 6.45) is 7.91. The van der Waals surface area contributed by atoms with Crippen molar-refractivity contribution in [3.05, 3.63) is 36.8 Å². The lowest BCUT2D eigenvalue weighted by molar-refractivity contribution is 0.0328. The second-order valence-corrected chi connectivity index (χ2v) is 4.50. The Hall–Kier alpha value is -1.88. The molecule has 0 aliphatic heterocycles. The van der Waals surface area contributed by atoms with Crippen LogP contribution in [0.1, 0.15) is 12.8 Å². The van der Waals surface area contributed by atoms with Gasteiger partial charge in [0, 0.05) is 31.7 Å². The Morgan fingerprint density at radius 2 is 2.22 bits per heavy atom. The zero-order valence-electron chi connectivity index (χ0n) is 10.3. The molecule has 94 valence electrons. The van der Waals surface area contributed by atoms with Crippen LogP contribution in [-0.2, 0) is 4.74 Å². The van der Waals surface area contributed by atoms with Crippen LogP contribution in [0.3, 0.4) is 0 Å². The Kier molecular flexibility index (Phi) is 2.98. The summed E-state index contributed by atoms with van der Waals surface area (Å²) in [6, 6.07) is 6.32. The number of nitrogens with one attached hydrogen (secondary N) is 1. The lowest BCUT2D eigenvalue weighted by Crippen LogP contribution is -2.40. The number of nitrogens with zero attached hydrogens (tertiary/aromatic N) is 3. The molecule has 2 heterocycles. The van der Waals surface area contributed by atoms with E-state index in [9.17, 15) is 0 Å². The molecule has 1 aliphatic rings. The molecule has 0 spiro atoms. The largest absolute Gasteiger partial charge is 0.381 e. The molecule has 0 aromatic carbocycles. The fourth-order valence-corrected chi connectivity index (χ4v) is 2.18. The van der Waals surface area contributed by atoms with Gasteiger partial charge in [-0.1, -0.05) is 0 Å². The lowest BCUT2D eigenvalue weighted by atomic mass is 9.89. The van der Waals surface area contributed by atoms with E-state index in [-0.39, 0.29) is 0 Å². The molecule has 1 aliphatic carbocycles. The normalized spacial score (nSPS) is 22.5. The van der Waals surface area contributed by atoms with Crippen molar-refractivity contribution in [3.8, 4) is 5.82 Å². The number of rotatable bonds is 4. The lowest BCUT2D eigenvalue weighted by Gasteiger charge is -2.35. The molecule has 0 atom stereocenters. The highest BCUT2D eigenvalue weighted by atomic mass is 16.5. The molecule has 0 amide bonds. The first-order valence-corrected chi connectivity index (χ1v) is 6.11. The fourth-order valence-electron chi connectivity index (χ4n) is 2.18. The number of pyridine rings is 1. The van der Waals surface area contributed by atoms with E-state index in [0.29, 0.717) is 12.1 Å². The monoisotopic (exact) mass is 244 g/mol. The highest BCUT2D eigenvalue weighted by Crippen LogP contribution is 2.28. The molecule has 5 heteroatoms. The quantitative estimate of drug-likeness (QED) is 0.892. The van der Waals surface area contributed by atoms with E-state index >= 15 is 0 Å². The van der Waals surface area contributed by atoms with Gasteiger partial charge in [0.05, 0.1) is 11.8 Å². The summed E-state index contributed by atoms with van der Waals surface area (Å²) < 4.78 is 7.06. The zero-order chi connectivity index (χ0) is 12.4. The minimum Gasteiger partial charge on any atom is -0.381 e. The predicted octanol–water partition coefficient (Wildman–Crippen LogP) is 1.86. The molecule has 2 aromatic rings. The van der Waals surface area contributed by atoms with Crippen molar-refractivity contribution in [2.45, 2.75) is 25.0 Å². The zero-order valence-corrected chi connectivity index (χ0v) is 10.3. The van der Waals surface area contributed by atoms with Crippen LogP contribution >= 0.6 is 0 Å². The summed E-state index contributed by atoms with van der Waals surface area (Å²) >= 11 is 0. The number of ether oxygens (including phenoxy) is 1. The van der Waals surface area contributed by atoms with Crippen molar-refractivity contribution < 1.29 is 4.74 Å². The van der Waals surface area contributed by atoms with Gasteiger partial charge in [0.15, 0.2) is 5.82 Å². The number of hydrogen-bond acceptors (Lipinski definition) is 4. The van der Waals surface area contributed by atoms with Gasteiger partial charge < -0.3 is 10.1 Å². The third kappa shape index (κ3) is 2.09. The first kappa shape index (κ1) is 11.2. The van der Waals surface area contributed by atoms with Gasteiger partial charge in [0.2, 0.25) is 0 Å². The van der Waals surface area contributed by atoms with Gasteiger partial charge in [-0.25, -0.2) is 9.67 Å². The van der Waals surface area contributed by atoms with E-state index in [4.69, 9.17) is 4.74 Å². The average Bonchev–Trinajstić information content (AvgIpc) is 2.87. The second kappa shape index (κ2) is 4.78. The molecular formula is C13H16N4O. The Labute approximate surface area is 106 Å². The van der Waals surface area contributed by atoms with Crippen molar-refractivity contribution in [2.24, 2.45) is 0 Å². The molecule has 2 aromatic heterocycles. The van der Waals surface area contributed by atoms with Gasteiger partial charge in [0.1, 0.15) is 0 Å². The first-order valence-electron chi connectivity index (χ1n) is 6.11. The van der Waals surface area contributed by atoms with Gasteiger partial charge in [-0.3, -0.25) is 0 Å². The molecule has 1 N–H and O–H groups in total. The third-order valence-corrected chi connectivity index (χ3v) is 3.30. The molecule has 0 saturated heterocycles. The average molecular weight is 244 g/mol. The van der Waals surface area contributed by atoms with E-state index in [0.717, 1.165) is 24.3 Å².